The highest BCUT2D eigenvalue weighted by molar-refractivity contribution is 5.56. The van der Waals surface area contributed by atoms with Crippen LogP contribution in [0, 0.1) is 5.41 Å². The summed E-state index contributed by atoms with van der Waals surface area (Å²) in [4.78, 5) is 0. The quantitative estimate of drug-likeness (QED) is 0.495. The smallest absolute Gasteiger partial charge is 0.0214 e. The zero-order chi connectivity index (χ0) is 5.70. The Labute approximate surface area is 43.5 Å². The molecule has 0 fully saturated rings. The molecule has 0 amide bonds. The third kappa shape index (κ3) is 3.03. The monoisotopic (exact) mass is 98.1 g/mol. The second-order valence-corrected chi connectivity index (χ2v) is 1.27. The maximum absolute atomic E-state index is 6.59. The molecule has 0 aromatic rings. The lowest BCUT2D eigenvalue weighted by molar-refractivity contribution is 1.20. The summed E-state index contributed by atoms with van der Waals surface area (Å²) < 4.78 is 0. The summed E-state index contributed by atoms with van der Waals surface area (Å²) in [6.45, 7) is 1.86. The second kappa shape index (κ2) is 3.40. The first-order valence-electron chi connectivity index (χ1n) is 2.21. The maximum atomic E-state index is 6.59. The Kier molecular flexibility index (Phi) is 3.02. The van der Waals surface area contributed by atoms with E-state index in [2.05, 4.69) is 0 Å². The average Bonchev–Trinajstić information content (AvgIpc) is 1.68. The fraction of sp³-hybridized carbons (Fsp3) is 0.400. The van der Waals surface area contributed by atoms with E-state index in [4.69, 9.17) is 11.1 Å². The average molecular weight is 98.1 g/mol. The first kappa shape index (κ1) is 6.21. The molecule has 3 N–H and O–H groups in total. The van der Waals surface area contributed by atoms with Crippen LogP contribution < -0.4 is 5.73 Å². The summed E-state index contributed by atoms with van der Waals surface area (Å²) in [5, 5.41) is 6.59. The molecular weight excluding hydrogens is 88.1 g/mol. The van der Waals surface area contributed by atoms with Crippen molar-refractivity contribution in [3.8, 4) is 0 Å². The first-order chi connectivity index (χ1) is 3.31. The van der Waals surface area contributed by atoms with Crippen LogP contribution in [0.2, 0.25) is 0 Å². The van der Waals surface area contributed by atoms with Gasteiger partial charge in [0.1, 0.15) is 0 Å². The summed E-state index contributed by atoms with van der Waals surface area (Å²) >= 11 is 0. The molecule has 40 valence electrons. The summed E-state index contributed by atoms with van der Waals surface area (Å²) in [7, 11) is 0. The van der Waals surface area contributed by atoms with E-state index in [1.54, 1.807) is 6.08 Å². The number of nitrogens with two attached hydrogens (primary N) is 1. The standard InChI is InChI=1S/C5H10N2/c1-2-5(7)3-4-6/h2,4,6H,3,7H2,1H3/b5-2+,6-4?. The van der Waals surface area contributed by atoms with Gasteiger partial charge in [0, 0.05) is 18.3 Å². The van der Waals surface area contributed by atoms with E-state index in [0.717, 1.165) is 5.70 Å². The van der Waals surface area contributed by atoms with Gasteiger partial charge in [-0.3, -0.25) is 0 Å². The highest BCUT2D eigenvalue weighted by atomic mass is 14.6. The molecule has 2 heteroatoms. The normalized spacial score (nSPS) is 11.3. The molecule has 0 aliphatic heterocycles. The van der Waals surface area contributed by atoms with E-state index in [-0.39, 0.29) is 0 Å². The molecule has 7 heavy (non-hydrogen) atoms. The van der Waals surface area contributed by atoms with E-state index >= 15 is 0 Å². The van der Waals surface area contributed by atoms with Crippen molar-refractivity contribution in [1.82, 2.24) is 0 Å². The van der Waals surface area contributed by atoms with Crippen LogP contribution in [0.4, 0.5) is 0 Å². The molecule has 0 saturated carbocycles. The molecule has 0 atom stereocenters. The van der Waals surface area contributed by atoms with Crippen molar-refractivity contribution in [2.75, 3.05) is 0 Å². The van der Waals surface area contributed by atoms with E-state index in [0.29, 0.717) is 6.42 Å². The zero-order valence-electron chi connectivity index (χ0n) is 4.44. The predicted octanol–water partition coefficient (Wildman–Crippen LogP) is 0.889. The minimum atomic E-state index is 0.580. The van der Waals surface area contributed by atoms with Gasteiger partial charge in [-0.1, -0.05) is 6.08 Å². The van der Waals surface area contributed by atoms with Gasteiger partial charge in [0.15, 0.2) is 0 Å². The molecule has 0 saturated heterocycles. The van der Waals surface area contributed by atoms with E-state index in [1.165, 1.54) is 6.21 Å². The summed E-state index contributed by atoms with van der Waals surface area (Å²) in [6, 6.07) is 0. The third-order valence-corrected chi connectivity index (χ3v) is 0.709. The minimum Gasteiger partial charge on any atom is -0.402 e. The summed E-state index contributed by atoms with van der Waals surface area (Å²) in [5.41, 5.74) is 6.05. The van der Waals surface area contributed by atoms with Crippen LogP contribution in [0.25, 0.3) is 0 Å². The Morgan fingerprint density at radius 1 is 1.86 bits per heavy atom. The highest BCUT2D eigenvalue weighted by Gasteiger charge is 1.77. The van der Waals surface area contributed by atoms with Gasteiger partial charge in [0.05, 0.1) is 0 Å². The molecule has 0 aromatic carbocycles. The number of nitrogens with one attached hydrogen (secondary N) is 1. The Hall–Kier alpha value is -0.790. The van der Waals surface area contributed by atoms with Crippen molar-refractivity contribution in [1.29, 1.82) is 5.41 Å². The Morgan fingerprint density at radius 3 is 2.57 bits per heavy atom. The molecular formula is C5H10N2. The van der Waals surface area contributed by atoms with E-state index < -0.39 is 0 Å². The summed E-state index contributed by atoms with van der Waals surface area (Å²) in [6.07, 6.45) is 3.66. The number of allylic oxidation sites excluding steroid dienone is 2. The van der Waals surface area contributed by atoms with Gasteiger partial charge in [-0.25, -0.2) is 0 Å². The summed E-state index contributed by atoms with van der Waals surface area (Å²) in [5.74, 6) is 0. The lowest BCUT2D eigenvalue weighted by Crippen LogP contribution is -1.95. The van der Waals surface area contributed by atoms with Gasteiger partial charge in [0.25, 0.3) is 0 Å². The van der Waals surface area contributed by atoms with Gasteiger partial charge >= 0.3 is 0 Å². The Bertz CT molecular complexity index is 84.1. The molecule has 0 spiro atoms. The minimum absolute atomic E-state index is 0.580. The van der Waals surface area contributed by atoms with Crippen molar-refractivity contribution in [2.24, 2.45) is 5.73 Å². The molecule has 0 bridgehead atoms. The molecule has 0 aliphatic carbocycles. The first-order valence-corrected chi connectivity index (χ1v) is 2.21. The lowest BCUT2D eigenvalue weighted by Gasteiger charge is -1.87. The molecule has 0 heterocycles. The lowest BCUT2D eigenvalue weighted by atomic mass is 10.3. The molecule has 0 aromatic heterocycles. The van der Waals surface area contributed by atoms with Crippen LogP contribution in [-0.2, 0) is 0 Å². The van der Waals surface area contributed by atoms with Crippen LogP contribution >= 0.6 is 0 Å². The van der Waals surface area contributed by atoms with Crippen molar-refractivity contribution >= 4 is 6.21 Å². The Morgan fingerprint density at radius 2 is 2.43 bits per heavy atom. The van der Waals surface area contributed by atoms with E-state index in [9.17, 15) is 0 Å². The van der Waals surface area contributed by atoms with Gasteiger partial charge in [-0.2, -0.15) is 0 Å². The molecule has 0 aliphatic rings. The molecule has 2 nitrogen and oxygen atoms in total. The van der Waals surface area contributed by atoms with Crippen LogP contribution in [0.1, 0.15) is 13.3 Å². The van der Waals surface area contributed by atoms with Crippen LogP contribution in [0.15, 0.2) is 11.8 Å². The van der Waals surface area contributed by atoms with E-state index in [1.807, 2.05) is 6.92 Å². The van der Waals surface area contributed by atoms with Crippen LogP contribution in [0.3, 0.4) is 0 Å². The third-order valence-electron chi connectivity index (χ3n) is 0.709. The number of hydrogen-bond donors (Lipinski definition) is 2. The van der Waals surface area contributed by atoms with Gasteiger partial charge < -0.3 is 11.1 Å². The van der Waals surface area contributed by atoms with Crippen molar-refractivity contribution in [3.63, 3.8) is 0 Å². The van der Waals surface area contributed by atoms with Gasteiger partial charge in [-0.15, -0.1) is 0 Å². The predicted molar refractivity (Wildman–Crippen MR) is 31.3 cm³/mol. The van der Waals surface area contributed by atoms with Gasteiger partial charge in [0.2, 0.25) is 0 Å². The fourth-order valence-electron chi connectivity index (χ4n) is 0.236. The Balaban J connectivity index is 3.36. The second-order valence-electron chi connectivity index (χ2n) is 1.27. The molecule has 0 rings (SSSR count). The van der Waals surface area contributed by atoms with Crippen LogP contribution in [0.5, 0.6) is 0 Å². The topological polar surface area (TPSA) is 49.9 Å². The van der Waals surface area contributed by atoms with Crippen molar-refractivity contribution < 1.29 is 0 Å². The highest BCUT2D eigenvalue weighted by Crippen LogP contribution is 1.84. The van der Waals surface area contributed by atoms with Crippen LogP contribution in [-0.4, -0.2) is 6.21 Å². The number of hydrogen-bond acceptors (Lipinski definition) is 2. The van der Waals surface area contributed by atoms with Gasteiger partial charge in [-0.05, 0) is 6.92 Å². The maximum Gasteiger partial charge on any atom is 0.0214 e. The SMILES string of the molecule is C/C=C(/N)CC=N. The number of rotatable bonds is 2. The van der Waals surface area contributed by atoms with Crippen molar-refractivity contribution in [3.05, 3.63) is 11.8 Å². The largest absolute Gasteiger partial charge is 0.402 e. The molecule has 0 radical (unpaired) electrons. The zero-order valence-corrected chi connectivity index (χ0v) is 4.44. The molecule has 0 unspecified atom stereocenters. The fourth-order valence-corrected chi connectivity index (χ4v) is 0.236. The van der Waals surface area contributed by atoms with Crippen molar-refractivity contribution in [2.45, 2.75) is 13.3 Å².